The SMILES string of the molecule is Nc1ccc(S(=O)(=O)NC[C]23[CH]4[CH]5[CH]6[CH]2[Fe]56432789[CH]3[CH]2[CH]7[CH]8[CH]39)cc1. The third kappa shape index (κ3) is 0.146. The van der Waals surface area contributed by atoms with E-state index in [0.29, 0.717) is 14.9 Å². The van der Waals surface area contributed by atoms with Crippen molar-refractivity contribution in [2.75, 3.05) is 12.3 Å². The van der Waals surface area contributed by atoms with Crippen molar-refractivity contribution in [3.8, 4) is 0 Å². The van der Waals surface area contributed by atoms with E-state index < -0.39 is 16.5 Å². The molecular weight excluding hydrogens is 352 g/mol. The predicted octanol–water partition coefficient (Wildman–Crippen LogP) is 3.31. The molecule has 122 valence electrons. The molecule has 6 heteroatoms. The van der Waals surface area contributed by atoms with E-state index in [1.165, 1.54) is 33.7 Å². The summed E-state index contributed by atoms with van der Waals surface area (Å²) >= 11 is 0. The van der Waals surface area contributed by atoms with Gasteiger partial charge in [0.05, 0.1) is 0 Å². The summed E-state index contributed by atoms with van der Waals surface area (Å²) in [5.74, 6) is 0. The van der Waals surface area contributed by atoms with Gasteiger partial charge in [0.1, 0.15) is 0 Å². The maximum absolute atomic E-state index is 12.7. The van der Waals surface area contributed by atoms with Crippen molar-refractivity contribution in [3.63, 3.8) is 0 Å². The summed E-state index contributed by atoms with van der Waals surface area (Å²) in [6.07, 6.45) is 0. The second-order valence-corrected chi connectivity index (χ2v) is 37.7. The zero-order valence-electron chi connectivity index (χ0n) is 12.4. The van der Waals surface area contributed by atoms with Gasteiger partial charge in [-0.3, -0.25) is 0 Å². The van der Waals surface area contributed by atoms with Crippen LogP contribution in [0.3, 0.4) is 0 Å². The second-order valence-electron chi connectivity index (χ2n) is 12.2. The normalized spacial score (nSPS) is 91.7. The Bertz CT molecular complexity index is 1340. The Morgan fingerprint density at radius 3 is 1.87 bits per heavy atom. The van der Waals surface area contributed by atoms with Crippen LogP contribution in [0, 0.1) is 0 Å². The molecule has 4 nitrogen and oxygen atoms in total. The van der Waals surface area contributed by atoms with Crippen LogP contribution in [0.25, 0.3) is 0 Å². The topological polar surface area (TPSA) is 72.2 Å². The molecule has 0 aliphatic carbocycles. The van der Waals surface area contributed by atoms with Gasteiger partial charge >= 0.3 is 124 Å². The average Bonchev–Trinajstić information content (AvgIpc) is 3.46. The third-order valence-electron chi connectivity index (χ3n) is 16.7. The summed E-state index contributed by atoms with van der Waals surface area (Å²) in [6.45, 7) is -2.33. The number of nitrogens with two attached hydrogens (primary N) is 1. The fourth-order valence-electron chi connectivity index (χ4n) is 18.1. The van der Waals surface area contributed by atoms with Gasteiger partial charge in [-0.15, -0.1) is 0 Å². The second kappa shape index (κ2) is 0.985. The van der Waals surface area contributed by atoms with E-state index in [0.717, 1.165) is 16.2 Å². The molecule has 10 saturated heterocycles. The minimum atomic E-state index is -3.38. The van der Waals surface area contributed by atoms with Crippen LogP contribution in [0.2, 0.25) is 47.7 Å². The molecule has 23 heavy (non-hydrogen) atoms. The molecule has 0 saturated carbocycles. The molecule has 0 aromatic heterocycles. The zero-order valence-corrected chi connectivity index (χ0v) is 14.3. The van der Waals surface area contributed by atoms with Crippen LogP contribution < -0.4 is 10.5 Å². The van der Waals surface area contributed by atoms with Crippen molar-refractivity contribution in [2.45, 2.75) is 52.6 Å². The molecule has 3 N–H and O–H groups in total. The van der Waals surface area contributed by atoms with Crippen LogP contribution in [0.5, 0.6) is 0 Å². The standard InChI is InChI=1S/C12H13N2O2S.C5H5.Fe/c13-11-5-7-12(8-6-11)17(15,16)14-9-10-3-1-2-4-10;1-2-4-5-3-1;/h1-8,14H,9,13H2;1-5H;. The third-order valence-corrected chi connectivity index (χ3v) is 61.1. The van der Waals surface area contributed by atoms with Gasteiger partial charge in [-0.05, 0) is 0 Å². The molecule has 10 aliphatic rings. The van der Waals surface area contributed by atoms with E-state index in [4.69, 9.17) is 5.73 Å². The fourth-order valence-corrected chi connectivity index (χ4v) is 94.0. The van der Waals surface area contributed by atoms with Crippen molar-refractivity contribution < 1.29 is 14.9 Å². The van der Waals surface area contributed by atoms with E-state index >= 15 is 0 Å². The first-order valence-corrected chi connectivity index (χ1v) is 16.6. The molecular formula is C17H18FeN2O2S. The summed E-state index contributed by atoms with van der Waals surface area (Å²) in [4.78, 5) is 11.4. The van der Waals surface area contributed by atoms with Crippen LogP contribution >= 0.6 is 0 Å². The number of nitrogens with one attached hydrogen (secondary N) is 1. The summed E-state index contributed by atoms with van der Waals surface area (Å²) in [7, 11) is -3.38. The van der Waals surface area contributed by atoms with Gasteiger partial charge in [0.25, 0.3) is 0 Å². The fraction of sp³-hybridized carbons (Fsp3) is 0.647. The van der Waals surface area contributed by atoms with Crippen LogP contribution in [-0.4, -0.2) is 15.0 Å². The van der Waals surface area contributed by atoms with Crippen molar-refractivity contribution in [1.82, 2.24) is 4.72 Å². The first kappa shape index (κ1) is 9.81. The first-order chi connectivity index (χ1) is 10.8. The van der Waals surface area contributed by atoms with E-state index in [2.05, 4.69) is 4.72 Å². The van der Waals surface area contributed by atoms with Gasteiger partial charge in [0.15, 0.2) is 0 Å². The Labute approximate surface area is 124 Å². The predicted molar refractivity (Wildman–Crippen MR) is 82.5 cm³/mol. The Morgan fingerprint density at radius 1 is 0.957 bits per heavy atom. The van der Waals surface area contributed by atoms with E-state index in [1.807, 2.05) is 0 Å². The Balaban J connectivity index is 1.11. The summed E-state index contributed by atoms with van der Waals surface area (Å²) in [5, 5.41) is 0. The minimum absolute atomic E-state index is 0.373. The first-order valence-electron chi connectivity index (χ1n) is 8.82. The number of rotatable bonds is 4. The van der Waals surface area contributed by atoms with Crippen molar-refractivity contribution in [2.24, 2.45) is 0 Å². The molecule has 11 rings (SSSR count). The molecule has 0 amide bonds. The molecule has 10 aliphatic heterocycles. The van der Waals surface area contributed by atoms with E-state index in [-0.39, 0.29) is 0 Å². The summed E-state index contributed by atoms with van der Waals surface area (Å²) in [5.41, 5.74) is 6.29. The molecule has 0 radical (unpaired) electrons. The number of nitrogen functional groups attached to an aromatic ring is 1. The van der Waals surface area contributed by atoms with Crippen LogP contribution in [0.4, 0.5) is 5.69 Å². The van der Waals surface area contributed by atoms with E-state index in [1.54, 1.807) is 24.3 Å². The Morgan fingerprint density at radius 2 is 1.48 bits per heavy atom. The van der Waals surface area contributed by atoms with Gasteiger partial charge in [-0.1, -0.05) is 0 Å². The molecule has 0 bridgehead atoms. The van der Waals surface area contributed by atoms with Gasteiger partial charge < -0.3 is 0 Å². The van der Waals surface area contributed by atoms with Crippen molar-refractivity contribution in [1.29, 1.82) is 0 Å². The number of hydrogen-bond acceptors (Lipinski definition) is 3. The number of benzene rings is 1. The van der Waals surface area contributed by atoms with Crippen LogP contribution in [0.15, 0.2) is 29.2 Å². The quantitative estimate of drug-likeness (QED) is 0.631. The van der Waals surface area contributed by atoms with Gasteiger partial charge in [-0.25, -0.2) is 0 Å². The molecule has 10 fully saturated rings. The van der Waals surface area contributed by atoms with Gasteiger partial charge in [-0.2, -0.15) is 0 Å². The van der Waals surface area contributed by atoms with E-state index in [9.17, 15) is 8.42 Å². The molecule has 4 atom stereocenters. The van der Waals surface area contributed by atoms with Crippen LogP contribution in [0.1, 0.15) is 0 Å². The Kier molecular flexibility index (Phi) is 0.420. The molecule has 10 heterocycles. The molecule has 1 aromatic carbocycles. The maximum atomic E-state index is 12.7. The molecule has 4 unspecified atom stereocenters. The zero-order chi connectivity index (χ0) is 14.9. The van der Waals surface area contributed by atoms with Gasteiger partial charge in [0, 0.05) is 0 Å². The monoisotopic (exact) mass is 370 g/mol. The van der Waals surface area contributed by atoms with Crippen molar-refractivity contribution in [3.05, 3.63) is 24.3 Å². The summed E-state index contributed by atoms with van der Waals surface area (Å²) in [6, 6.07) is 6.63. The Hall–Kier alpha value is -0.551. The molecule has 1 spiro atoms. The van der Waals surface area contributed by atoms with Crippen molar-refractivity contribution >= 4 is 15.7 Å². The average molecular weight is 370 g/mol. The van der Waals surface area contributed by atoms with Crippen LogP contribution in [-0.2, 0) is 16.5 Å². The van der Waals surface area contributed by atoms with Gasteiger partial charge in [0.2, 0.25) is 0 Å². The summed E-state index contributed by atoms with van der Waals surface area (Å²) < 4.78 is 29.2. The number of hydrogen-bond donors (Lipinski definition) is 2. The number of anilines is 1. The number of fused-ring (bicyclic) bond motifs is 10. The molecule has 1 aromatic rings. The number of sulfonamides is 1.